The van der Waals surface area contributed by atoms with Crippen molar-refractivity contribution in [1.82, 2.24) is 19.9 Å². The van der Waals surface area contributed by atoms with Crippen LogP contribution in [0.25, 0.3) is 0 Å². The third-order valence-electron chi connectivity index (χ3n) is 2.47. The second-order valence-electron chi connectivity index (χ2n) is 3.73. The predicted molar refractivity (Wildman–Crippen MR) is 68.0 cm³/mol. The molecule has 7 heteroatoms. The molecule has 0 atom stereocenters. The van der Waals surface area contributed by atoms with Crippen LogP contribution in [0.15, 0.2) is 24.7 Å². The number of nitrogens with zero attached hydrogens (tertiary/aromatic N) is 3. The molecule has 0 fully saturated rings. The van der Waals surface area contributed by atoms with Crippen molar-refractivity contribution in [2.24, 2.45) is 7.05 Å². The second-order valence-corrected chi connectivity index (χ2v) is 4.12. The van der Waals surface area contributed by atoms with E-state index in [9.17, 15) is 4.79 Å². The number of nitrogens with two attached hydrogens (primary N) is 1. The van der Waals surface area contributed by atoms with E-state index in [-0.39, 0.29) is 16.7 Å². The summed E-state index contributed by atoms with van der Waals surface area (Å²) in [6.07, 6.45) is 4.83. The molecule has 2 aromatic rings. The SMILES string of the molecule is Cn1ccnc1CNC(=O)c1cc(Cl)ncc1N. The first-order chi connectivity index (χ1) is 8.58. The number of hydrogen-bond donors (Lipinski definition) is 2. The summed E-state index contributed by atoms with van der Waals surface area (Å²) in [5.74, 6) is 0.446. The van der Waals surface area contributed by atoms with Crippen molar-refractivity contribution in [3.8, 4) is 0 Å². The number of anilines is 1. The topological polar surface area (TPSA) is 85.8 Å². The molecule has 1 amide bonds. The number of halogens is 1. The van der Waals surface area contributed by atoms with E-state index < -0.39 is 0 Å². The Bertz CT molecular complexity index is 581. The molecule has 0 aromatic carbocycles. The highest BCUT2D eigenvalue weighted by atomic mass is 35.5. The van der Waals surface area contributed by atoms with Gasteiger partial charge in [-0.15, -0.1) is 0 Å². The molecule has 2 heterocycles. The Balaban J connectivity index is 2.08. The summed E-state index contributed by atoms with van der Waals surface area (Å²) in [5, 5.41) is 2.95. The number of pyridine rings is 1. The molecule has 0 radical (unpaired) electrons. The van der Waals surface area contributed by atoms with E-state index in [1.165, 1.54) is 12.3 Å². The average molecular weight is 266 g/mol. The smallest absolute Gasteiger partial charge is 0.253 e. The molecule has 0 bridgehead atoms. The summed E-state index contributed by atoms with van der Waals surface area (Å²) in [5.41, 5.74) is 6.26. The maximum absolute atomic E-state index is 11.9. The summed E-state index contributed by atoms with van der Waals surface area (Å²) in [6, 6.07) is 1.44. The van der Waals surface area contributed by atoms with Crippen LogP contribution in [0.2, 0.25) is 5.15 Å². The van der Waals surface area contributed by atoms with Gasteiger partial charge < -0.3 is 15.6 Å². The Hall–Kier alpha value is -2.08. The van der Waals surface area contributed by atoms with Gasteiger partial charge in [-0.25, -0.2) is 9.97 Å². The first kappa shape index (κ1) is 12.4. The minimum absolute atomic E-state index is 0.228. The van der Waals surface area contributed by atoms with Gasteiger partial charge in [0.15, 0.2) is 0 Å². The van der Waals surface area contributed by atoms with Gasteiger partial charge in [0.1, 0.15) is 11.0 Å². The Morgan fingerprint density at radius 1 is 1.56 bits per heavy atom. The molecule has 0 spiro atoms. The summed E-state index contributed by atoms with van der Waals surface area (Å²) >= 11 is 5.72. The van der Waals surface area contributed by atoms with Crippen molar-refractivity contribution in [1.29, 1.82) is 0 Å². The first-order valence-corrected chi connectivity index (χ1v) is 5.61. The number of nitrogens with one attached hydrogen (secondary N) is 1. The quantitative estimate of drug-likeness (QED) is 0.810. The zero-order valence-corrected chi connectivity index (χ0v) is 10.5. The van der Waals surface area contributed by atoms with Crippen LogP contribution in [0.4, 0.5) is 5.69 Å². The van der Waals surface area contributed by atoms with Crippen molar-refractivity contribution in [2.75, 3.05) is 5.73 Å². The van der Waals surface area contributed by atoms with Crippen LogP contribution in [0, 0.1) is 0 Å². The molecular weight excluding hydrogens is 254 g/mol. The van der Waals surface area contributed by atoms with Crippen LogP contribution < -0.4 is 11.1 Å². The molecule has 0 unspecified atom stereocenters. The Morgan fingerprint density at radius 2 is 2.33 bits per heavy atom. The van der Waals surface area contributed by atoms with E-state index in [0.29, 0.717) is 12.1 Å². The van der Waals surface area contributed by atoms with Gasteiger partial charge in [0.2, 0.25) is 0 Å². The molecule has 6 nitrogen and oxygen atoms in total. The minimum atomic E-state index is -0.306. The minimum Gasteiger partial charge on any atom is -0.397 e. The zero-order chi connectivity index (χ0) is 13.1. The van der Waals surface area contributed by atoms with Gasteiger partial charge in [0.25, 0.3) is 5.91 Å². The second kappa shape index (κ2) is 5.05. The fraction of sp³-hybridized carbons (Fsp3) is 0.182. The maximum Gasteiger partial charge on any atom is 0.253 e. The van der Waals surface area contributed by atoms with Crippen LogP contribution in [0.5, 0.6) is 0 Å². The Labute approximate surface area is 109 Å². The van der Waals surface area contributed by atoms with Crippen molar-refractivity contribution in [2.45, 2.75) is 6.54 Å². The van der Waals surface area contributed by atoms with Gasteiger partial charge in [0, 0.05) is 19.4 Å². The van der Waals surface area contributed by atoms with Gasteiger partial charge in [-0.1, -0.05) is 11.6 Å². The lowest BCUT2D eigenvalue weighted by Crippen LogP contribution is -2.25. The lowest BCUT2D eigenvalue weighted by atomic mass is 10.2. The molecule has 18 heavy (non-hydrogen) atoms. The van der Waals surface area contributed by atoms with Crippen LogP contribution in [-0.2, 0) is 13.6 Å². The third-order valence-corrected chi connectivity index (χ3v) is 2.68. The van der Waals surface area contributed by atoms with E-state index in [1.54, 1.807) is 12.4 Å². The number of aryl methyl sites for hydroxylation is 1. The molecular formula is C11H12ClN5O. The summed E-state index contributed by atoms with van der Waals surface area (Å²) in [4.78, 5) is 19.8. The highest BCUT2D eigenvalue weighted by Crippen LogP contribution is 2.14. The lowest BCUT2D eigenvalue weighted by molar-refractivity contribution is 0.0950. The Kier molecular flexibility index (Phi) is 3.47. The zero-order valence-electron chi connectivity index (χ0n) is 9.72. The molecule has 2 aromatic heterocycles. The number of rotatable bonds is 3. The summed E-state index contributed by atoms with van der Waals surface area (Å²) in [6.45, 7) is 0.321. The van der Waals surface area contributed by atoms with E-state index >= 15 is 0 Å². The Morgan fingerprint density at radius 3 is 3.00 bits per heavy atom. The average Bonchev–Trinajstić information content (AvgIpc) is 2.75. The van der Waals surface area contributed by atoms with Crippen molar-refractivity contribution < 1.29 is 4.79 Å². The predicted octanol–water partition coefficient (Wildman–Crippen LogP) is 0.981. The fourth-order valence-electron chi connectivity index (χ4n) is 1.46. The molecule has 2 rings (SSSR count). The first-order valence-electron chi connectivity index (χ1n) is 5.23. The van der Waals surface area contributed by atoms with Crippen LogP contribution in [-0.4, -0.2) is 20.4 Å². The number of imidazole rings is 1. The summed E-state index contributed by atoms with van der Waals surface area (Å²) in [7, 11) is 1.85. The molecule has 0 saturated heterocycles. The number of hydrogen-bond acceptors (Lipinski definition) is 4. The maximum atomic E-state index is 11.9. The highest BCUT2D eigenvalue weighted by molar-refractivity contribution is 6.29. The standard InChI is InChI=1S/C11H12ClN5O/c1-17-3-2-14-10(17)6-16-11(18)7-4-9(12)15-5-8(7)13/h2-5H,6,13H2,1H3,(H,16,18). The third kappa shape index (κ3) is 2.60. The molecule has 3 N–H and O–H groups in total. The number of carbonyl (C=O) groups excluding carboxylic acids is 1. The van der Waals surface area contributed by atoms with Crippen molar-refractivity contribution in [3.63, 3.8) is 0 Å². The van der Waals surface area contributed by atoms with Gasteiger partial charge in [-0.05, 0) is 6.07 Å². The van der Waals surface area contributed by atoms with Crippen LogP contribution in [0.1, 0.15) is 16.2 Å². The van der Waals surface area contributed by atoms with Gasteiger partial charge in [0.05, 0.1) is 24.0 Å². The van der Waals surface area contributed by atoms with E-state index in [4.69, 9.17) is 17.3 Å². The lowest BCUT2D eigenvalue weighted by Gasteiger charge is -2.07. The van der Waals surface area contributed by atoms with Crippen molar-refractivity contribution >= 4 is 23.2 Å². The molecule has 0 saturated carbocycles. The summed E-state index contributed by atoms with van der Waals surface area (Å²) < 4.78 is 1.82. The number of aromatic nitrogens is 3. The number of carbonyl (C=O) groups is 1. The monoisotopic (exact) mass is 265 g/mol. The normalized spacial score (nSPS) is 10.3. The largest absolute Gasteiger partial charge is 0.397 e. The molecule has 0 aliphatic rings. The fourth-order valence-corrected chi connectivity index (χ4v) is 1.62. The van der Waals surface area contributed by atoms with E-state index in [2.05, 4.69) is 15.3 Å². The van der Waals surface area contributed by atoms with Gasteiger partial charge in [-0.3, -0.25) is 4.79 Å². The van der Waals surface area contributed by atoms with Gasteiger partial charge in [-0.2, -0.15) is 0 Å². The van der Waals surface area contributed by atoms with Crippen LogP contribution >= 0.6 is 11.6 Å². The molecule has 94 valence electrons. The van der Waals surface area contributed by atoms with Crippen molar-refractivity contribution in [3.05, 3.63) is 41.2 Å². The highest BCUT2D eigenvalue weighted by Gasteiger charge is 2.11. The van der Waals surface area contributed by atoms with Crippen LogP contribution in [0.3, 0.4) is 0 Å². The molecule has 0 aliphatic carbocycles. The van der Waals surface area contributed by atoms with Gasteiger partial charge >= 0.3 is 0 Å². The molecule has 0 aliphatic heterocycles. The van der Waals surface area contributed by atoms with E-state index in [0.717, 1.165) is 5.82 Å². The van der Waals surface area contributed by atoms with E-state index in [1.807, 2.05) is 11.6 Å². The number of amides is 1. The number of nitrogen functional groups attached to an aromatic ring is 1.